The maximum atomic E-state index is 12.7. The minimum absolute atomic E-state index is 0.00498. The Kier molecular flexibility index (Phi) is 5.79. The Morgan fingerprint density at radius 2 is 1.84 bits per heavy atom. The molecule has 2 aromatic rings. The molecule has 1 heterocycles. The van der Waals surface area contributed by atoms with E-state index in [0.29, 0.717) is 5.56 Å². The molecule has 0 spiro atoms. The molecule has 0 bridgehead atoms. The lowest BCUT2D eigenvalue weighted by molar-refractivity contribution is -0.154. The van der Waals surface area contributed by atoms with E-state index in [1.165, 1.54) is 0 Å². The zero-order valence-electron chi connectivity index (χ0n) is 17.9. The summed E-state index contributed by atoms with van der Waals surface area (Å²) in [6.07, 6.45) is 2.80. The molecule has 6 heteroatoms. The SMILES string of the molecule is CN(C)C(=O)c1cccc(-c2ccc([C@@H]3[C@H](C#N)N(C(=O)C4CCC4)[C@H]3CO)cc2)c1. The number of aliphatic hydroxyl groups excluding tert-OH is 1. The van der Waals surface area contributed by atoms with Crippen LogP contribution in [0.2, 0.25) is 0 Å². The molecule has 1 N–H and O–H groups in total. The van der Waals surface area contributed by atoms with Crippen LogP contribution in [-0.4, -0.2) is 59.5 Å². The summed E-state index contributed by atoms with van der Waals surface area (Å²) in [5, 5.41) is 19.7. The van der Waals surface area contributed by atoms with E-state index in [-0.39, 0.29) is 36.3 Å². The molecule has 6 nitrogen and oxygen atoms in total. The number of rotatable bonds is 5. The van der Waals surface area contributed by atoms with Crippen molar-refractivity contribution < 1.29 is 14.7 Å². The van der Waals surface area contributed by atoms with Crippen molar-refractivity contribution in [3.8, 4) is 17.2 Å². The van der Waals surface area contributed by atoms with Crippen LogP contribution in [0, 0.1) is 17.2 Å². The molecule has 0 aromatic heterocycles. The Morgan fingerprint density at radius 3 is 2.39 bits per heavy atom. The van der Waals surface area contributed by atoms with Gasteiger partial charge in [0.1, 0.15) is 6.04 Å². The van der Waals surface area contributed by atoms with Gasteiger partial charge >= 0.3 is 0 Å². The number of aliphatic hydroxyl groups is 1. The number of hydrogen-bond donors (Lipinski definition) is 1. The molecule has 31 heavy (non-hydrogen) atoms. The number of benzene rings is 2. The van der Waals surface area contributed by atoms with Crippen LogP contribution in [0.1, 0.15) is 41.1 Å². The van der Waals surface area contributed by atoms with Crippen LogP contribution in [0.4, 0.5) is 0 Å². The van der Waals surface area contributed by atoms with Gasteiger partial charge in [0.05, 0.1) is 18.7 Å². The second kappa shape index (κ2) is 8.52. The van der Waals surface area contributed by atoms with E-state index < -0.39 is 6.04 Å². The second-order valence-electron chi connectivity index (χ2n) is 8.63. The lowest BCUT2D eigenvalue weighted by atomic mass is 9.73. The van der Waals surface area contributed by atoms with Crippen molar-refractivity contribution in [3.05, 3.63) is 59.7 Å². The molecule has 0 unspecified atom stereocenters. The monoisotopic (exact) mass is 417 g/mol. The molecule has 3 atom stereocenters. The van der Waals surface area contributed by atoms with E-state index in [4.69, 9.17) is 0 Å². The lowest BCUT2D eigenvalue weighted by Crippen LogP contribution is -2.66. The number of nitrogens with zero attached hydrogens (tertiary/aromatic N) is 3. The highest BCUT2D eigenvalue weighted by atomic mass is 16.3. The van der Waals surface area contributed by atoms with E-state index in [1.807, 2.05) is 42.5 Å². The summed E-state index contributed by atoms with van der Waals surface area (Å²) >= 11 is 0. The van der Waals surface area contributed by atoms with Crippen molar-refractivity contribution in [2.45, 2.75) is 37.3 Å². The van der Waals surface area contributed by atoms with Crippen molar-refractivity contribution >= 4 is 11.8 Å². The largest absolute Gasteiger partial charge is 0.394 e. The van der Waals surface area contributed by atoms with E-state index in [9.17, 15) is 20.0 Å². The number of likely N-dealkylation sites (tertiary alicyclic amines) is 1. The lowest BCUT2D eigenvalue weighted by Gasteiger charge is -2.53. The van der Waals surface area contributed by atoms with E-state index in [2.05, 4.69) is 6.07 Å². The number of amides is 2. The minimum Gasteiger partial charge on any atom is -0.394 e. The molecule has 160 valence electrons. The van der Waals surface area contributed by atoms with Crippen LogP contribution < -0.4 is 0 Å². The zero-order valence-corrected chi connectivity index (χ0v) is 17.9. The molecule has 1 aliphatic carbocycles. The quantitative estimate of drug-likeness (QED) is 0.810. The van der Waals surface area contributed by atoms with Crippen molar-refractivity contribution in [2.24, 2.45) is 5.92 Å². The third kappa shape index (κ3) is 3.70. The van der Waals surface area contributed by atoms with Gasteiger partial charge in [-0.25, -0.2) is 0 Å². The highest BCUT2D eigenvalue weighted by Gasteiger charge is 2.53. The van der Waals surface area contributed by atoms with Crippen LogP contribution in [0.15, 0.2) is 48.5 Å². The minimum atomic E-state index is -0.544. The first-order chi connectivity index (χ1) is 15.0. The normalized spacial score (nSPS) is 22.8. The van der Waals surface area contributed by atoms with Gasteiger partial charge in [-0.1, -0.05) is 42.8 Å². The summed E-state index contributed by atoms with van der Waals surface area (Å²) in [5.74, 6) is -0.237. The highest BCUT2D eigenvalue weighted by molar-refractivity contribution is 5.95. The zero-order chi connectivity index (χ0) is 22.1. The predicted molar refractivity (Wildman–Crippen MR) is 117 cm³/mol. The van der Waals surface area contributed by atoms with Crippen molar-refractivity contribution in [1.82, 2.24) is 9.80 Å². The Morgan fingerprint density at radius 1 is 1.13 bits per heavy atom. The number of hydrogen-bond acceptors (Lipinski definition) is 4. The summed E-state index contributed by atoms with van der Waals surface area (Å²) in [6.45, 7) is -0.155. The van der Waals surface area contributed by atoms with Crippen molar-refractivity contribution in [2.75, 3.05) is 20.7 Å². The fraction of sp³-hybridized carbons (Fsp3) is 0.400. The van der Waals surface area contributed by atoms with Crippen LogP contribution >= 0.6 is 0 Å². The average molecular weight is 418 g/mol. The van der Waals surface area contributed by atoms with Gasteiger partial charge in [-0.2, -0.15) is 5.26 Å². The van der Waals surface area contributed by atoms with E-state index in [0.717, 1.165) is 36.0 Å². The molecule has 0 radical (unpaired) electrons. The smallest absolute Gasteiger partial charge is 0.253 e. The molecule has 2 aliphatic rings. The van der Waals surface area contributed by atoms with Crippen LogP contribution in [-0.2, 0) is 4.79 Å². The summed E-state index contributed by atoms with van der Waals surface area (Å²) in [7, 11) is 3.45. The summed E-state index contributed by atoms with van der Waals surface area (Å²) in [6, 6.07) is 16.7. The Balaban J connectivity index is 1.55. The van der Waals surface area contributed by atoms with Gasteiger partial charge in [0.2, 0.25) is 5.91 Å². The topological polar surface area (TPSA) is 84.6 Å². The van der Waals surface area contributed by atoms with Gasteiger partial charge in [-0.15, -0.1) is 0 Å². The predicted octanol–water partition coefficient (Wildman–Crippen LogP) is 3.03. The molecule has 2 aromatic carbocycles. The van der Waals surface area contributed by atoms with Gasteiger partial charge in [-0.05, 0) is 41.7 Å². The number of nitriles is 1. The highest BCUT2D eigenvalue weighted by Crippen LogP contribution is 2.43. The number of carbonyl (C=O) groups is 2. The molecule has 1 aliphatic heterocycles. The maximum absolute atomic E-state index is 12.7. The van der Waals surface area contributed by atoms with Crippen molar-refractivity contribution in [3.63, 3.8) is 0 Å². The van der Waals surface area contributed by atoms with Crippen LogP contribution in [0.25, 0.3) is 11.1 Å². The van der Waals surface area contributed by atoms with Gasteiger partial charge < -0.3 is 14.9 Å². The van der Waals surface area contributed by atoms with Gasteiger partial charge in [0.15, 0.2) is 0 Å². The standard InChI is InChI=1S/C25H27N3O3/c1-27(2)24(30)20-8-4-7-19(13-20)16-9-11-17(12-10-16)23-21(14-26)28(22(23)15-29)25(31)18-5-3-6-18/h4,7-13,18,21-23,29H,3,5-6,15H2,1-2H3/t21-,22-,23+/m0/s1. The summed E-state index contributed by atoms with van der Waals surface area (Å²) < 4.78 is 0. The van der Waals surface area contributed by atoms with Gasteiger partial charge in [-0.3, -0.25) is 9.59 Å². The molecule has 2 amide bonds. The first kappa shape index (κ1) is 21.1. The Bertz CT molecular complexity index is 1020. The third-order valence-electron chi connectivity index (χ3n) is 6.58. The molecule has 1 saturated heterocycles. The summed E-state index contributed by atoms with van der Waals surface area (Å²) in [4.78, 5) is 28.1. The molecular weight excluding hydrogens is 390 g/mol. The fourth-order valence-corrected chi connectivity index (χ4v) is 4.56. The van der Waals surface area contributed by atoms with Crippen LogP contribution in [0.5, 0.6) is 0 Å². The molecular formula is C25H27N3O3. The Hall–Kier alpha value is -3.17. The van der Waals surface area contributed by atoms with Gasteiger partial charge in [0, 0.05) is 31.5 Å². The average Bonchev–Trinajstić information content (AvgIpc) is 2.72. The van der Waals surface area contributed by atoms with Crippen LogP contribution in [0.3, 0.4) is 0 Å². The second-order valence-corrected chi connectivity index (χ2v) is 8.63. The van der Waals surface area contributed by atoms with E-state index in [1.54, 1.807) is 30.0 Å². The molecule has 2 fully saturated rings. The third-order valence-corrected chi connectivity index (χ3v) is 6.58. The van der Waals surface area contributed by atoms with Gasteiger partial charge in [0.25, 0.3) is 5.91 Å². The first-order valence-electron chi connectivity index (χ1n) is 10.7. The Labute approximate surface area is 182 Å². The first-order valence-corrected chi connectivity index (χ1v) is 10.7. The number of carbonyl (C=O) groups excluding carboxylic acids is 2. The fourth-order valence-electron chi connectivity index (χ4n) is 4.56. The molecule has 1 saturated carbocycles. The van der Waals surface area contributed by atoms with E-state index >= 15 is 0 Å². The summed E-state index contributed by atoms with van der Waals surface area (Å²) in [5.41, 5.74) is 3.46. The van der Waals surface area contributed by atoms with Crippen molar-refractivity contribution in [1.29, 1.82) is 5.26 Å². The maximum Gasteiger partial charge on any atom is 0.253 e. The molecule has 4 rings (SSSR count).